The molecule has 3 aromatic carbocycles. The average molecular weight is 497 g/mol. The molecular formula is C30H24O7. The summed E-state index contributed by atoms with van der Waals surface area (Å²) in [6, 6.07) is 24.8. The summed E-state index contributed by atoms with van der Waals surface area (Å²) < 4.78 is 22.8. The monoisotopic (exact) mass is 496 g/mol. The van der Waals surface area contributed by atoms with Crippen LogP contribution in [0, 0.1) is 0 Å². The van der Waals surface area contributed by atoms with Crippen LogP contribution in [-0.4, -0.2) is 19.0 Å². The minimum atomic E-state index is -0.547. The standard InChI is InChI=1S/C30H24O7/c1-19(31)17-24(20-7-3-2-4-8-20)28-29(23-9-5-6-10-25(23)37-30(28)33)35-16-15-34-22-13-11-21-12-14-27(32)36-26(21)18-22/h2-14,18,24H,15-17H2,1H3. The van der Waals surface area contributed by atoms with Gasteiger partial charge in [-0.15, -0.1) is 0 Å². The Morgan fingerprint density at radius 1 is 0.811 bits per heavy atom. The highest BCUT2D eigenvalue weighted by molar-refractivity contribution is 5.85. The van der Waals surface area contributed by atoms with Gasteiger partial charge in [0.05, 0.1) is 10.9 Å². The lowest BCUT2D eigenvalue weighted by atomic mass is 9.87. The Morgan fingerprint density at radius 2 is 1.54 bits per heavy atom. The molecule has 0 amide bonds. The van der Waals surface area contributed by atoms with Crippen molar-refractivity contribution in [3.05, 3.63) is 117 Å². The summed E-state index contributed by atoms with van der Waals surface area (Å²) in [5.74, 6) is 0.300. The smallest absolute Gasteiger partial charge is 0.343 e. The molecule has 0 bridgehead atoms. The van der Waals surface area contributed by atoms with Crippen LogP contribution in [0.5, 0.6) is 11.5 Å². The molecule has 5 aromatic rings. The molecule has 0 saturated heterocycles. The number of ketones is 1. The Hall–Kier alpha value is -4.65. The molecule has 0 saturated carbocycles. The molecule has 1 unspecified atom stereocenters. The quantitative estimate of drug-likeness (QED) is 0.197. The highest BCUT2D eigenvalue weighted by Gasteiger charge is 2.27. The van der Waals surface area contributed by atoms with Crippen LogP contribution in [0.4, 0.5) is 0 Å². The normalized spacial score (nSPS) is 11.9. The number of hydrogen-bond donors (Lipinski definition) is 0. The first kappa shape index (κ1) is 24.1. The topological polar surface area (TPSA) is 96.0 Å². The van der Waals surface area contributed by atoms with Gasteiger partial charge in [-0.2, -0.15) is 0 Å². The molecule has 7 heteroatoms. The molecule has 2 heterocycles. The SMILES string of the molecule is CC(=O)CC(c1ccccc1)c1c(OCCOc2ccc3ccc(=O)oc3c2)c2ccccc2oc1=O. The maximum Gasteiger partial charge on any atom is 0.343 e. The van der Waals surface area contributed by atoms with E-state index in [0.29, 0.717) is 33.6 Å². The number of carbonyl (C=O) groups excluding carboxylic acids is 1. The van der Waals surface area contributed by atoms with Crippen LogP contribution in [0.2, 0.25) is 0 Å². The van der Waals surface area contributed by atoms with Gasteiger partial charge in [0, 0.05) is 29.9 Å². The summed E-state index contributed by atoms with van der Waals surface area (Å²) >= 11 is 0. The van der Waals surface area contributed by atoms with E-state index in [1.165, 1.54) is 13.0 Å². The number of ether oxygens (including phenoxy) is 2. The van der Waals surface area contributed by atoms with Crippen molar-refractivity contribution in [2.24, 2.45) is 0 Å². The zero-order valence-corrected chi connectivity index (χ0v) is 20.1. The lowest BCUT2D eigenvalue weighted by Gasteiger charge is -2.20. The van der Waals surface area contributed by atoms with E-state index in [4.69, 9.17) is 18.3 Å². The zero-order chi connectivity index (χ0) is 25.8. The van der Waals surface area contributed by atoms with Crippen molar-refractivity contribution in [1.29, 1.82) is 0 Å². The average Bonchev–Trinajstić information content (AvgIpc) is 2.90. The molecule has 37 heavy (non-hydrogen) atoms. The van der Waals surface area contributed by atoms with Crippen LogP contribution in [0.3, 0.4) is 0 Å². The third-order valence-corrected chi connectivity index (χ3v) is 6.03. The highest BCUT2D eigenvalue weighted by atomic mass is 16.5. The number of carbonyl (C=O) groups is 1. The van der Waals surface area contributed by atoms with Gasteiger partial charge in [-0.3, -0.25) is 4.79 Å². The second-order valence-corrected chi connectivity index (χ2v) is 8.65. The van der Waals surface area contributed by atoms with Gasteiger partial charge in [0.15, 0.2) is 0 Å². The van der Waals surface area contributed by atoms with E-state index in [9.17, 15) is 14.4 Å². The second kappa shape index (κ2) is 10.5. The molecule has 2 aromatic heterocycles. The van der Waals surface area contributed by atoms with Crippen molar-refractivity contribution in [3.63, 3.8) is 0 Å². The summed E-state index contributed by atoms with van der Waals surface area (Å²) in [6.45, 7) is 1.79. The van der Waals surface area contributed by atoms with E-state index in [0.717, 1.165) is 10.9 Å². The van der Waals surface area contributed by atoms with Crippen molar-refractivity contribution in [1.82, 2.24) is 0 Å². The first-order valence-electron chi connectivity index (χ1n) is 11.9. The lowest BCUT2D eigenvalue weighted by Crippen LogP contribution is -2.20. The number of fused-ring (bicyclic) bond motifs is 2. The highest BCUT2D eigenvalue weighted by Crippen LogP contribution is 2.37. The number of Topliss-reactive ketones (excluding diaryl/α,β-unsaturated/α-hetero) is 1. The van der Waals surface area contributed by atoms with Crippen LogP contribution in [0.1, 0.15) is 30.4 Å². The van der Waals surface area contributed by atoms with Gasteiger partial charge in [0.1, 0.15) is 41.7 Å². The third-order valence-electron chi connectivity index (χ3n) is 6.03. The maximum atomic E-state index is 13.2. The largest absolute Gasteiger partial charge is 0.490 e. The number of benzene rings is 3. The minimum absolute atomic E-state index is 0.0568. The summed E-state index contributed by atoms with van der Waals surface area (Å²) in [6.07, 6.45) is 0.127. The van der Waals surface area contributed by atoms with Crippen molar-refractivity contribution < 1.29 is 23.1 Å². The molecule has 5 rings (SSSR count). The molecule has 0 aliphatic carbocycles. The Balaban J connectivity index is 1.45. The maximum absolute atomic E-state index is 13.2. The minimum Gasteiger partial charge on any atom is -0.490 e. The van der Waals surface area contributed by atoms with E-state index in [1.807, 2.05) is 42.5 Å². The van der Waals surface area contributed by atoms with Crippen LogP contribution in [-0.2, 0) is 4.79 Å². The summed E-state index contributed by atoms with van der Waals surface area (Å²) in [5.41, 5.74) is 0.955. The summed E-state index contributed by atoms with van der Waals surface area (Å²) in [5, 5.41) is 1.42. The molecule has 0 N–H and O–H groups in total. The van der Waals surface area contributed by atoms with Crippen molar-refractivity contribution in [2.75, 3.05) is 13.2 Å². The van der Waals surface area contributed by atoms with Crippen LogP contribution in [0.15, 0.2) is 103 Å². The van der Waals surface area contributed by atoms with Crippen LogP contribution < -0.4 is 20.7 Å². The zero-order valence-electron chi connectivity index (χ0n) is 20.1. The molecule has 0 spiro atoms. The fraction of sp³-hybridized carbons (Fsp3) is 0.167. The van der Waals surface area contributed by atoms with Crippen molar-refractivity contribution in [3.8, 4) is 11.5 Å². The summed E-state index contributed by atoms with van der Waals surface area (Å²) in [7, 11) is 0. The molecule has 0 fully saturated rings. The van der Waals surface area contributed by atoms with Gasteiger partial charge in [-0.1, -0.05) is 42.5 Å². The predicted octanol–water partition coefficient (Wildman–Crippen LogP) is 5.47. The number of para-hydroxylation sites is 1. The molecular weight excluding hydrogens is 472 g/mol. The van der Waals surface area contributed by atoms with E-state index in [1.54, 1.807) is 36.4 Å². The molecule has 0 radical (unpaired) electrons. The Labute approximate surface area is 211 Å². The Kier molecular flexibility index (Phi) is 6.85. The predicted molar refractivity (Wildman–Crippen MR) is 140 cm³/mol. The first-order chi connectivity index (χ1) is 18.0. The van der Waals surface area contributed by atoms with E-state index in [-0.39, 0.29) is 25.4 Å². The number of rotatable bonds is 9. The first-order valence-corrected chi connectivity index (χ1v) is 11.9. The molecule has 0 aliphatic rings. The van der Waals surface area contributed by atoms with Gasteiger partial charge in [0.25, 0.3) is 0 Å². The van der Waals surface area contributed by atoms with Gasteiger partial charge >= 0.3 is 11.3 Å². The molecule has 1 atom stereocenters. The van der Waals surface area contributed by atoms with Gasteiger partial charge < -0.3 is 18.3 Å². The third kappa shape index (κ3) is 5.30. The van der Waals surface area contributed by atoms with Crippen molar-refractivity contribution in [2.45, 2.75) is 19.3 Å². The second-order valence-electron chi connectivity index (χ2n) is 8.65. The Morgan fingerprint density at radius 3 is 2.35 bits per heavy atom. The van der Waals surface area contributed by atoms with Crippen LogP contribution in [0.25, 0.3) is 21.9 Å². The summed E-state index contributed by atoms with van der Waals surface area (Å²) in [4.78, 5) is 37.0. The fourth-order valence-electron chi connectivity index (χ4n) is 4.39. The van der Waals surface area contributed by atoms with Gasteiger partial charge in [0.2, 0.25) is 0 Å². The van der Waals surface area contributed by atoms with Gasteiger partial charge in [-0.05, 0) is 42.8 Å². The molecule has 7 nitrogen and oxygen atoms in total. The lowest BCUT2D eigenvalue weighted by molar-refractivity contribution is -0.117. The molecule has 186 valence electrons. The van der Waals surface area contributed by atoms with Crippen LogP contribution >= 0.6 is 0 Å². The molecule has 0 aliphatic heterocycles. The van der Waals surface area contributed by atoms with Gasteiger partial charge in [-0.25, -0.2) is 9.59 Å². The van der Waals surface area contributed by atoms with E-state index < -0.39 is 17.2 Å². The Bertz CT molecular complexity index is 1680. The fourth-order valence-corrected chi connectivity index (χ4v) is 4.39. The van der Waals surface area contributed by atoms with E-state index >= 15 is 0 Å². The van der Waals surface area contributed by atoms with E-state index in [2.05, 4.69) is 0 Å². The number of hydrogen-bond acceptors (Lipinski definition) is 7. The van der Waals surface area contributed by atoms with Crippen molar-refractivity contribution >= 4 is 27.7 Å².